The predicted molar refractivity (Wildman–Crippen MR) is 83.3 cm³/mol. The van der Waals surface area contributed by atoms with Gasteiger partial charge in [0.05, 0.1) is 6.04 Å². The molecule has 1 spiro atoms. The highest BCUT2D eigenvalue weighted by molar-refractivity contribution is 5.96. The zero-order valence-electron chi connectivity index (χ0n) is 12.4. The molecule has 2 saturated heterocycles. The second kappa shape index (κ2) is 5.11. The van der Waals surface area contributed by atoms with E-state index in [4.69, 9.17) is 0 Å². The van der Waals surface area contributed by atoms with E-state index in [1.807, 2.05) is 12.1 Å². The van der Waals surface area contributed by atoms with Gasteiger partial charge in [0.25, 0.3) is 0 Å². The molecule has 0 aromatic heterocycles. The normalized spacial score (nSPS) is 33.0. The van der Waals surface area contributed by atoms with Gasteiger partial charge in [-0.1, -0.05) is 18.2 Å². The number of hydrogen-bond donors (Lipinski definition) is 2. The van der Waals surface area contributed by atoms with Crippen molar-refractivity contribution in [3.8, 4) is 0 Å². The van der Waals surface area contributed by atoms with Crippen LogP contribution in [0.15, 0.2) is 24.3 Å². The standard InChI is InChI=1S/C17H23N3O/c21-16-15(6-5-13-3-1-2-4-14(13)19-16)20-10-8-17(12-20)7-9-18-11-17/h1-4,15,18H,5-12H2,(H,19,21). The minimum absolute atomic E-state index is 0.0392. The van der Waals surface area contributed by atoms with Crippen LogP contribution in [0, 0.1) is 5.41 Å². The van der Waals surface area contributed by atoms with E-state index in [1.54, 1.807) is 0 Å². The third-order valence-corrected chi connectivity index (χ3v) is 5.51. The number of hydrogen-bond acceptors (Lipinski definition) is 3. The maximum atomic E-state index is 12.6. The molecule has 1 amide bonds. The summed E-state index contributed by atoms with van der Waals surface area (Å²) >= 11 is 0. The number of carbonyl (C=O) groups is 1. The number of carbonyl (C=O) groups excluding carboxylic acids is 1. The quantitative estimate of drug-likeness (QED) is 0.824. The first-order valence-electron chi connectivity index (χ1n) is 8.09. The Labute approximate surface area is 125 Å². The molecule has 0 saturated carbocycles. The Morgan fingerprint density at radius 2 is 2.14 bits per heavy atom. The summed E-state index contributed by atoms with van der Waals surface area (Å²) in [5.41, 5.74) is 2.70. The molecular weight excluding hydrogens is 262 g/mol. The Morgan fingerprint density at radius 1 is 1.24 bits per heavy atom. The second-order valence-corrected chi connectivity index (χ2v) is 6.85. The first kappa shape index (κ1) is 13.3. The van der Waals surface area contributed by atoms with Gasteiger partial charge in [0.2, 0.25) is 5.91 Å². The highest BCUT2D eigenvalue weighted by Crippen LogP contribution is 2.38. The van der Waals surface area contributed by atoms with Crippen LogP contribution >= 0.6 is 0 Å². The highest BCUT2D eigenvalue weighted by Gasteiger charge is 2.43. The lowest BCUT2D eigenvalue weighted by atomic mass is 9.86. The lowest BCUT2D eigenvalue weighted by Gasteiger charge is -2.28. The van der Waals surface area contributed by atoms with Crippen LogP contribution in [0.3, 0.4) is 0 Å². The highest BCUT2D eigenvalue weighted by atomic mass is 16.2. The van der Waals surface area contributed by atoms with E-state index < -0.39 is 0 Å². The van der Waals surface area contributed by atoms with Crippen molar-refractivity contribution in [1.82, 2.24) is 10.2 Å². The van der Waals surface area contributed by atoms with Crippen LogP contribution in [0.25, 0.3) is 0 Å². The molecule has 2 atom stereocenters. The summed E-state index contributed by atoms with van der Waals surface area (Å²) in [6.07, 6.45) is 4.42. The maximum absolute atomic E-state index is 12.6. The van der Waals surface area contributed by atoms with Crippen LogP contribution in [0.4, 0.5) is 5.69 Å². The molecule has 2 fully saturated rings. The molecule has 0 radical (unpaired) electrons. The minimum atomic E-state index is 0.0392. The van der Waals surface area contributed by atoms with E-state index in [2.05, 4.69) is 27.7 Å². The van der Waals surface area contributed by atoms with E-state index in [0.29, 0.717) is 5.41 Å². The summed E-state index contributed by atoms with van der Waals surface area (Å²) in [6.45, 7) is 4.40. The summed E-state index contributed by atoms with van der Waals surface area (Å²) in [5, 5.41) is 6.62. The number of para-hydroxylation sites is 1. The summed E-state index contributed by atoms with van der Waals surface area (Å²) in [5.74, 6) is 0.183. The molecule has 3 aliphatic heterocycles. The molecule has 3 heterocycles. The average molecular weight is 285 g/mol. The van der Waals surface area contributed by atoms with Gasteiger partial charge in [-0.05, 0) is 55.8 Å². The fraction of sp³-hybridized carbons (Fsp3) is 0.588. The van der Waals surface area contributed by atoms with Gasteiger partial charge in [0, 0.05) is 18.8 Å². The van der Waals surface area contributed by atoms with Gasteiger partial charge < -0.3 is 10.6 Å². The van der Waals surface area contributed by atoms with Crippen LogP contribution in [0.5, 0.6) is 0 Å². The summed E-state index contributed by atoms with van der Waals surface area (Å²) in [6, 6.07) is 8.23. The summed E-state index contributed by atoms with van der Waals surface area (Å²) < 4.78 is 0. The van der Waals surface area contributed by atoms with E-state index in [-0.39, 0.29) is 11.9 Å². The van der Waals surface area contributed by atoms with Crippen LogP contribution in [0.2, 0.25) is 0 Å². The van der Waals surface area contributed by atoms with E-state index in [0.717, 1.165) is 44.7 Å². The number of anilines is 1. The first-order valence-corrected chi connectivity index (χ1v) is 8.09. The Balaban J connectivity index is 1.51. The fourth-order valence-electron chi connectivity index (χ4n) is 4.23. The number of aryl methyl sites for hydroxylation is 1. The molecule has 0 bridgehead atoms. The summed E-state index contributed by atoms with van der Waals surface area (Å²) in [4.78, 5) is 15.0. The molecule has 1 aromatic carbocycles. The molecular formula is C17H23N3O. The van der Waals surface area contributed by atoms with Crippen LogP contribution in [0.1, 0.15) is 24.8 Å². The number of nitrogens with zero attached hydrogens (tertiary/aromatic N) is 1. The lowest BCUT2D eigenvalue weighted by Crippen LogP contribution is -2.43. The van der Waals surface area contributed by atoms with Crippen molar-refractivity contribution in [3.63, 3.8) is 0 Å². The van der Waals surface area contributed by atoms with Gasteiger partial charge in [-0.2, -0.15) is 0 Å². The van der Waals surface area contributed by atoms with Gasteiger partial charge in [-0.25, -0.2) is 0 Å². The number of amides is 1. The molecule has 2 unspecified atom stereocenters. The number of rotatable bonds is 1. The van der Waals surface area contributed by atoms with Gasteiger partial charge >= 0.3 is 0 Å². The van der Waals surface area contributed by atoms with Crippen LogP contribution in [-0.2, 0) is 11.2 Å². The van der Waals surface area contributed by atoms with Gasteiger partial charge in [0.15, 0.2) is 0 Å². The molecule has 3 aliphatic rings. The number of fused-ring (bicyclic) bond motifs is 1. The first-order chi connectivity index (χ1) is 10.3. The van der Waals surface area contributed by atoms with Crippen molar-refractivity contribution in [2.75, 3.05) is 31.5 Å². The summed E-state index contributed by atoms with van der Waals surface area (Å²) in [7, 11) is 0. The zero-order valence-corrected chi connectivity index (χ0v) is 12.4. The van der Waals surface area contributed by atoms with Crippen molar-refractivity contribution in [1.29, 1.82) is 0 Å². The molecule has 21 heavy (non-hydrogen) atoms. The lowest BCUT2D eigenvalue weighted by molar-refractivity contribution is -0.121. The van der Waals surface area contributed by atoms with Crippen molar-refractivity contribution < 1.29 is 4.79 Å². The molecule has 1 aromatic rings. The average Bonchev–Trinajstić information content (AvgIpc) is 3.08. The van der Waals surface area contributed by atoms with Gasteiger partial charge in [-0.3, -0.25) is 9.69 Å². The zero-order chi connectivity index (χ0) is 14.3. The largest absolute Gasteiger partial charge is 0.324 e. The minimum Gasteiger partial charge on any atom is -0.324 e. The molecule has 0 aliphatic carbocycles. The number of benzene rings is 1. The van der Waals surface area contributed by atoms with Crippen molar-refractivity contribution >= 4 is 11.6 Å². The topological polar surface area (TPSA) is 44.4 Å². The van der Waals surface area contributed by atoms with E-state index >= 15 is 0 Å². The fourth-order valence-corrected chi connectivity index (χ4v) is 4.23. The molecule has 2 N–H and O–H groups in total. The molecule has 4 rings (SSSR count). The second-order valence-electron chi connectivity index (χ2n) is 6.85. The number of likely N-dealkylation sites (tertiary alicyclic amines) is 1. The molecule has 4 nitrogen and oxygen atoms in total. The SMILES string of the molecule is O=C1Nc2ccccc2CCC1N1CCC2(CCNC2)C1. The predicted octanol–water partition coefficient (Wildman–Crippen LogP) is 1.63. The molecule has 112 valence electrons. The smallest absolute Gasteiger partial charge is 0.241 e. The van der Waals surface area contributed by atoms with E-state index in [1.165, 1.54) is 18.4 Å². The van der Waals surface area contributed by atoms with Crippen LogP contribution < -0.4 is 10.6 Å². The Bertz CT molecular complexity index is 551. The van der Waals surface area contributed by atoms with Crippen molar-refractivity contribution in [2.24, 2.45) is 5.41 Å². The molecule has 4 heteroatoms. The monoisotopic (exact) mass is 285 g/mol. The Hall–Kier alpha value is -1.39. The van der Waals surface area contributed by atoms with Gasteiger partial charge in [-0.15, -0.1) is 0 Å². The maximum Gasteiger partial charge on any atom is 0.241 e. The van der Waals surface area contributed by atoms with Crippen molar-refractivity contribution in [3.05, 3.63) is 29.8 Å². The number of nitrogens with one attached hydrogen (secondary N) is 2. The Morgan fingerprint density at radius 3 is 3.00 bits per heavy atom. The van der Waals surface area contributed by atoms with Gasteiger partial charge in [0.1, 0.15) is 0 Å². The van der Waals surface area contributed by atoms with Crippen LogP contribution in [-0.4, -0.2) is 43.0 Å². The Kier molecular flexibility index (Phi) is 3.23. The third-order valence-electron chi connectivity index (χ3n) is 5.51. The van der Waals surface area contributed by atoms with E-state index in [9.17, 15) is 4.79 Å². The van der Waals surface area contributed by atoms with Crippen molar-refractivity contribution in [2.45, 2.75) is 31.7 Å². The third kappa shape index (κ3) is 2.36.